The molecule has 0 saturated heterocycles. The highest BCUT2D eigenvalue weighted by Gasteiger charge is 2.13. The summed E-state index contributed by atoms with van der Waals surface area (Å²) in [7, 11) is 2.05. The Labute approximate surface area is 136 Å². The van der Waals surface area contributed by atoms with Crippen molar-refractivity contribution < 1.29 is 4.57 Å². The molecule has 2 heteroatoms. The van der Waals surface area contributed by atoms with Gasteiger partial charge >= 0.3 is 0 Å². The molecule has 0 spiro atoms. The summed E-state index contributed by atoms with van der Waals surface area (Å²) in [5, 5.41) is 2.65. The van der Waals surface area contributed by atoms with Crippen molar-refractivity contribution in [3.8, 4) is 5.69 Å². The summed E-state index contributed by atoms with van der Waals surface area (Å²) in [6, 6.07) is 19.9. The highest BCUT2D eigenvalue weighted by Crippen LogP contribution is 2.33. The van der Waals surface area contributed by atoms with E-state index >= 15 is 0 Å². The number of aromatic nitrogens is 2. The molecule has 2 nitrogen and oxygen atoms in total. The number of para-hydroxylation sites is 1. The molecule has 0 N–H and O–H groups in total. The van der Waals surface area contributed by atoms with Crippen molar-refractivity contribution in [2.24, 2.45) is 7.05 Å². The van der Waals surface area contributed by atoms with Crippen molar-refractivity contribution in [3.63, 3.8) is 0 Å². The molecule has 0 saturated carbocycles. The van der Waals surface area contributed by atoms with Crippen LogP contribution in [0.25, 0.3) is 27.5 Å². The van der Waals surface area contributed by atoms with Crippen LogP contribution >= 0.6 is 0 Å². The molecular weight excluding hydrogens is 280 g/mol. The van der Waals surface area contributed by atoms with E-state index in [1.165, 1.54) is 33.1 Å². The molecule has 0 aliphatic carbocycles. The van der Waals surface area contributed by atoms with E-state index in [1.54, 1.807) is 0 Å². The zero-order valence-electron chi connectivity index (χ0n) is 13.8. The maximum Gasteiger partial charge on any atom is 0.170 e. The van der Waals surface area contributed by atoms with E-state index in [9.17, 15) is 0 Å². The van der Waals surface area contributed by atoms with Crippen molar-refractivity contribution in [2.45, 2.75) is 19.8 Å². The molecule has 114 valence electrons. The lowest BCUT2D eigenvalue weighted by molar-refractivity contribution is -0.671. The smallest absolute Gasteiger partial charge is 0.170 e. The SMILES string of the molecule is CC(C)c1ccc2c(c1)c1ccccc1n2-c1cc[n+](C)cc1. The lowest BCUT2D eigenvalue weighted by Crippen LogP contribution is -2.26. The lowest BCUT2D eigenvalue weighted by Gasteiger charge is -2.08. The van der Waals surface area contributed by atoms with E-state index < -0.39 is 0 Å². The van der Waals surface area contributed by atoms with Gasteiger partial charge in [0.2, 0.25) is 0 Å². The average Bonchev–Trinajstić information content (AvgIpc) is 2.89. The zero-order chi connectivity index (χ0) is 16.0. The molecule has 0 fully saturated rings. The number of fused-ring (bicyclic) bond motifs is 3. The minimum absolute atomic E-state index is 0.539. The van der Waals surface area contributed by atoms with Gasteiger partial charge in [-0.2, -0.15) is 0 Å². The first-order valence-corrected chi connectivity index (χ1v) is 8.14. The van der Waals surface area contributed by atoms with Crippen LogP contribution in [0, 0.1) is 0 Å². The second kappa shape index (κ2) is 5.24. The van der Waals surface area contributed by atoms with Crippen LogP contribution in [0.3, 0.4) is 0 Å². The third-order valence-corrected chi connectivity index (χ3v) is 4.58. The Hall–Kier alpha value is -2.61. The van der Waals surface area contributed by atoms with E-state index in [4.69, 9.17) is 0 Å². The first kappa shape index (κ1) is 14.0. The number of benzene rings is 2. The quantitative estimate of drug-likeness (QED) is 0.473. The monoisotopic (exact) mass is 301 g/mol. The number of pyridine rings is 1. The van der Waals surface area contributed by atoms with Gasteiger partial charge < -0.3 is 4.57 Å². The average molecular weight is 301 g/mol. The molecule has 0 radical (unpaired) electrons. The van der Waals surface area contributed by atoms with E-state index in [0.717, 1.165) is 0 Å². The number of hydrogen-bond donors (Lipinski definition) is 0. The topological polar surface area (TPSA) is 8.81 Å². The van der Waals surface area contributed by atoms with Crippen molar-refractivity contribution in [1.29, 1.82) is 0 Å². The number of hydrogen-bond acceptors (Lipinski definition) is 0. The normalized spacial score (nSPS) is 11.7. The van der Waals surface area contributed by atoms with Crippen LogP contribution in [-0.2, 0) is 7.05 Å². The molecule has 0 aliphatic rings. The van der Waals surface area contributed by atoms with Crippen LogP contribution in [0.1, 0.15) is 25.3 Å². The molecule has 0 bridgehead atoms. The molecule has 2 heterocycles. The number of nitrogens with zero attached hydrogens (tertiary/aromatic N) is 2. The molecule has 2 aromatic heterocycles. The van der Waals surface area contributed by atoms with Crippen LogP contribution in [-0.4, -0.2) is 4.57 Å². The van der Waals surface area contributed by atoms with Gasteiger partial charge in [-0.15, -0.1) is 0 Å². The minimum Gasteiger partial charge on any atom is -0.309 e. The highest BCUT2D eigenvalue weighted by molar-refractivity contribution is 6.09. The van der Waals surface area contributed by atoms with Crippen molar-refractivity contribution >= 4 is 21.8 Å². The largest absolute Gasteiger partial charge is 0.309 e. The number of aryl methyl sites for hydroxylation is 1. The molecule has 4 rings (SSSR count). The van der Waals surface area contributed by atoms with Crippen LogP contribution in [0.2, 0.25) is 0 Å². The van der Waals surface area contributed by atoms with Gasteiger partial charge in [0, 0.05) is 22.9 Å². The summed E-state index contributed by atoms with van der Waals surface area (Å²) < 4.78 is 4.42. The fourth-order valence-corrected chi connectivity index (χ4v) is 3.27. The van der Waals surface area contributed by atoms with Crippen molar-refractivity contribution in [1.82, 2.24) is 4.57 Å². The van der Waals surface area contributed by atoms with Gasteiger partial charge in [0.1, 0.15) is 7.05 Å². The van der Waals surface area contributed by atoms with Gasteiger partial charge in [0.25, 0.3) is 0 Å². The van der Waals surface area contributed by atoms with E-state index in [1.807, 2.05) is 7.05 Å². The summed E-state index contributed by atoms with van der Waals surface area (Å²) in [5.74, 6) is 0.539. The Balaban J connectivity index is 2.11. The Bertz CT molecular complexity index is 992. The maximum absolute atomic E-state index is 2.36. The van der Waals surface area contributed by atoms with Gasteiger partial charge in [0.15, 0.2) is 12.4 Å². The third-order valence-electron chi connectivity index (χ3n) is 4.58. The Morgan fingerprint density at radius 3 is 2.26 bits per heavy atom. The van der Waals surface area contributed by atoms with Gasteiger partial charge in [-0.25, -0.2) is 4.57 Å². The van der Waals surface area contributed by atoms with E-state index in [0.29, 0.717) is 5.92 Å². The highest BCUT2D eigenvalue weighted by atomic mass is 15.0. The first-order chi connectivity index (χ1) is 11.1. The first-order valence-electron chi connectivity index (χ1n) is 8.14. The van der Waals surface area contributed by atoms with Gasteiger partial charge in [-0.05, 0) is 29.7 Å². The molecular formula is C21H21N2+. The van der Waals surface area contributed by atoms with E-state index in [-0.39, 0.29) is 0 Å². The van der Waals surface area contributed by atoms with Gasteiger partial charge in [0.05, 0.1) is 16.7 Å². The fraction of sp³-hybridized carbons (Fsp3) is 0.190. The lowest BCUT2D eigenvalue weighted by atomic mass is 10.0. The van der Waals surface area contributed by atoms with Gasteiger partial charge in [-0.3, -0.25) is 0 Å². The van der Waals surface area contributed by atoms with Crippen LogP contribution < -0.4 is 4.57 Å². The predicted octanol–water partition coefficient (Wildman–Crippen LogP) is 4.73. The summed E-state index contributed by atoms with van der Waals surface area (Å²) >= 11 is 0. The maximum atomic E-state index is 2.36. The second-order valence-electron chi connectivity index (χ2n) is 6.51. The molecule has 0 unspecified atom stereocenters. The minimum atomic E-state index is 0.539. The zero-order valence-corrected chi connectivity index (χ0v) is 13.8. The van der Waals surface area contributed by atoms with Crippen LogP contribution in [0.4, 0.5) is 0 Å². The summed E-state index contributed by atoms with van der Waals surface area (Å²) in [6.45, 7) is 4.50. The predicted molar refractivity (Wildman–Crippen MR) is 96.0 cm³/mol. The standard InChI is InChI=1S/C21H21N2/c1-15(2)16-8-9-21-19(14-16)18-6-4-5-7-20(18)23(21)17-10-12-22(3)13-11-17/h4-15H,1-3H3/q+1. The van der Waals surface area contributed by atoms with Crippen LogP contribution in [0.15, 0.2) is 67.0 Å². The molecule has 2 aromatic carbocycles. The Morgan fingerprint density at radius 1 is 0.826 bits per heavy atom. The van der Waals surface area contributed by atoms with E-state index in [2.05, 4.69) is 90.0 Å². The molecule has 0 amide bonds. The van der Waals surface area contributed by atoms with Crippen LogP contribution in [0.5, 0.6) is 0 Å². The molecule has 0 aliphatic heterocycles. The molecule has 4 aromatic rings. The second-order valence-corrected chi connectivity index (χ2v) is 6.51. The van der Waals surface area contributed by atoms with Gasteiger partial charge in [-0.1, -0.05) is 38.1 Å². The third kappa shape index (κ3) is 2.22. The van der Waals surface area contributed by atoms with Crippen molar-refractivity contribution in [3.05, 3.63) is 72.6 Å². The summed E-state index contributed by atoms with van der Waals surface area (Å²) in [5.41, 5.74) is 5.12. The molecule has 0 atom stereocenters. The summed E-state index contributed by atoms with van der Waals surface area (Å²) in [6.07, 6.45) is 4.19. The summed E-state index contributed by atoms with van der Waals surface area (Å²) in [4.78, 5) is 0. The number of rotatable bonds is 2. The van der Waals surface area contributed by atoms with Crippen molar-refractivity contribution in [2.75, 3.05) is 0 Å². The Morgan fingerprint density at radius 2 is 1.52 bits per heavy atom. The molecule has 23 heavy (non-hydrogen) atoms. The fourth-order valence-electron chi connectivity index (χ4n) is 3.27. The Kier molecular flexibility index (Phi) is 3.19.